The number of rotatable bonds is 4. The molecule has 4 aromatic rings. The maximum Gasteiger partial charge on any atom is 0.271 e. The first kappa shape index (κ1) is 21.9. The quantitative estimate of drug-likeness (QED) is 0.493. The zero-order valence-electron chi connectivity index (χ0n) is 18.9. The second kappa shape index (κ2) is 8.43. The molecule has 0 radical (unpaired) electrons. The normalized spacial score (nSPS) is 15.9. The van der Waals surface area contributed by atoms with Gasteiger partial charge in [0, 0.05) is 16.8 Å². The van der Waals surface area contributed by atoms with Gasteiger partial charge in [-0.15, -0.1) is 0 Å². The number of benzene rings is 3. The molecule has 1 aromatic heterocycles. The standard InChI is InChI=1S/C27H22N2O4S/c1-15-23(16(2)30)25(24-20-7-5-4-6-18(20)10-13-21(24)33-3)29-26(32)22(34-27(29)28-15)14-17-8-11-19(31)12-9-17/h4-14,25,31H,1-3H3/b22-14-. The monoisotopic (exact) mass is 470 g/mol. The molecule has 1 unspecified atom stereocenters. The summed E-state index contributed by atoms with van der Waals surface area (Å²) in [6, 6.07) is 17.7. The number of allylic oxidation sites excluding steroid dienone is 2. The van der Waals surface area contributed by atoms with Gasteiger partial charge in [-0.25, -0.2) is 4.99 Å². The highest BCUT2D eigenvalue weighted by Crippen LogP contribution is 2.40. The SMILES string of the molecule is COc1ccc2ccccc2c1C1C(C(C)=O)=C(C)N=c2s/c(=C\c3ccc(O)cc3)c(=O)n21. The van der Waals surface area contributed by atoms with Crippen LogP contribution in [0.4, 0.5) is 0 Å². The minimum atomic E-state index is -0.670. The molecular weight excluding hydrogens is 448 g/mol. The van der Waals surface area contributed by atoms with Crippen molar-refractivity contribution in [2.24, 2.45) is 4.99 Å². The van der Waals surface area contributed by atoms with Crippen LogP contribution in [-0.2, 0) is 4.79 Å². The predicted octanol–water partition coefficient (Wildman–Crippen LogP) is 3.69. The Labute approximate surface area is 199 Å². The highest BCUT2D eigenvalue weighted by molar-refractivity contribution is 7.07. The number of fused-ring (bicyclic) bond motifs is 2. The Morgan fingerprint density at radius 1 is 1.12 bits per heavy atom. The maximum absolute atomic E-state index is 13.7. The number of ketones is 1. The molecule has 7 heteroatoms. The summed E-state index contributed by atoms with van der Waals surface area (Å²) in [6.07, 6.45) is 1.77. The number of phenolic OH excluding ortho intramolecular Hbond substituents is 1. The maximum atomic E-state index is 13.7. The Morgan fingerprint density at radius 2 is 1.85 bits per heavy atom. The third-order valence-electron chi connectivity index (χ3n) is 6.02. The molecular formula is C27H22N2O4S. The van der Waals surface area contributed by atoms with E-state index in [2.05, 4.69) is 4.99 Å². The van der Waals surface area contributed by atoms with E-state index in [1.165, 1.54) is 18.3 Å². The van der Waals surface area contributed by atoms with Crippen LogP contribution in [0.3, 0.4) is 0 Å². The van der Waals surface area contributed by atoms with Crippen molar-refractivity contribution in [3.8, 4) is 11.5 Å². The number of hydrogen-bond donors (Lipinski definition) is 1. The zero-order valence-corrected chi connectivity index (χ0v) is 19.7. The Kier molecular flexibility index (Phi) is 5.42. The molecule has 1 atom stereocenters. The van der Waals surface area contributed by atoms with Gasteiger partial charge in [0.15, 0.2) is 10.6 Å². The van der Waals surface area contributed by atoms with Gasteiger partial charge < -0.3 is 9.84 Å². The fourth-order valence-corrected chi connectivity index (χ4v) is 5.55. The van der Waals surface area contributed by atoms with Crippen molar-refractivity contribution < 1.29 is 14.6 Å². The van der Waals surface area contributed by atoms with E-state index < -0.39 is 6.04 Å². The largest absolute Gasteiger partial charge is 0.508 e. The van der Waals surface area contributed by atoms with Crippen LogP contribution >= 0.6 is 11.3 Å². The van der Waals surface area contributed by atoms with Gasteiger partial charge in [-0.05, 0) is 54.5 Å². The van der Waals surface area contributed by atoms with Crippen molar-refractivity contribution in [3.63, 3.8) is 0 Å². The number of carbonyl (C=O) groups is 1. The van der Waals surface area contributed by atoms with Gasteiger partial charge in [-0.3, -0.25) is 14.2 Å². The molecule has 0 spiro atoms. The first-order valence-electron chi connectivity index (χ1n) is 10.8. The highest BCUT2D eigenvalue weighted by atomic mass is 32.1. The van der Waals surface area contributed by atoms with E-state index in [-0.39, 0.29) is 17.1 Å². The van der Waals surface area contributed by atoms with E-state index in [0.717, 1.165) is 21.9 Å². The van der Waals surface area contributed by atoms with Crippen LogP contribution in [0.1, 0.15) is 31.0 Å². The number of thiazole rings is 1. The van der Waals surface area contributed by atoms with Gasteiger partial charge in [0.25, 0.3) is 5.56 Å². The topological polar surface area (TPSA) is 80.9 Å². The third kappa shape index (κ3) is 3.54. The molecule has 3 aromatic carbocycles. The lowest BCUT2D eigenvalue weighted by molar-refractivity contribution is -0.114. The number of phenols is 1. The van der Waals surface area contributed by atoms with Gasteiger partial charge in [0.05, 0.1) is 17.7 Å². The predicted molar refractivity (Wildman–Crippen MR) is 133 cm³/mol. The summed E-state index contributed by atoms with van der Waals surface area (Å²) in [4.78, 5) is 31.8. The average Bonchev–Trinajstić information content (AvgIpc) is 3.13. The van der Waals surface area contributed by atoms with E-state index in [1.807, 2.05) is 36.4 Å². The Bertz CT molecular complexity index is 1660. The van der Waals surface area contributed by atoms with Crippen molar-refractivity contribution in [2.45, 2.75) is 19.9 Å². The number of aromatic nitrogens is 1. The number of Topliss-reactive ketones (excluding diaryl/α,β-unsaturated/α-hetero) is 1. The van der Waals surface area contributed by atoms with Crippen LogP contribution in [0.2, 0.25) is 0 Å². The third-order valence-corrected chi connectivity index (χ3v) is 7.00. The molecule has 34 heavy (non-hydrogen) atoms. The van der Waals surface area contributed by atoms with Gasteiger partial charge >= 0.3 is 0 Å². The Balaban J connectivity index is 1.86. The van der Waals surface area contributed by atoms with Crippen molar-refractivity contribution in [1.29, 1.82) is 0 Å². The van der Waals surface area contributed by atoms with Crippen LogP contribution in [-0.4, -0.2) is 22.6 Å². The lowest BCUT2D eigenvalue weighted by Gasteiger charge is -2.27. The molecule has 1 aliphatic heterocycles. The van der Waals surface area contributed by atoms with E-state index in [4.69, 9.17) is 4.74 Å². The number of hydrogen-bond acceptors (Lipinski definition) is 6. The van der Waals surface area contributed by atoms with Crippen LogP contribution < -0.4 is 19.6 Å². The van der Waals surface area contributed by atoms with Crippen molar-refractivity contribution in [2.75, 3.05) is 7.11 Å². The van der Waals surface area contributed by atoms with E-state index in [0.29, 0.717) is 26.4 Å². The van der Waals surface area contributed by atoms with Gasteiger partial charge in [-0.2, -0.15) is 0 Å². The first-order valence-corrected chi connectivity index (χ1v) is 11.6. The molecule has 0 saturated carbocycles. The summed E-state index contributed by atoms with van der Waals surface area (Å²) in [5.41, 5.74) is 2.37. The zero-order chi connectivity index (χ0) is 24.0. The number of aromatic hydroxyl groups is 1. The average molecular weight is 471 g/mol. The van der Waals surface area contributed by atoms with Crippen LogP contribution in [0.25, 0.3) is 16.8 Å². The summed E-state index contributed by atoms with van der Waals surface area (Å²) >= 11 is 1.28. The van der Waals surface area contributed by atoms with Crippen LogP contribution in [0, 0.1) is 0 Å². The second-order valence-corrected chi connectivity index (χ2v) is 9.14. The second-order valence-electron chi connectivity index (χ2n) is 8.13. The minimum absolute atomic E-state index is 0.144. The summed E-state index contributed by atoms with van der Waals surface area (Å²) < 4.78 is 7.82. The molecule has 0 bridgehead atoms. The minimum Gasteiger partial charge on any atom is -0.508 e. The van der Waals surface area contributed by atoms with Gasteiger partial charge in [0.2, 0.25) is 0 Å². The number of methoxy groups -OCH3 is 1. The molecule has 0 fully saturated rings. The van der Waals surface area contributed by atoms with E-state index in [1.54, 1.807) is 48.9 Å². The molecule has 0 aliphatic carbocycles. The van der Waals surface area contributed by atoms with Gasteiger partial charge in [-0.1, -0.05) is 53.8 Å². The van der Waals surface area contributed by atoms with Crippen molar-refractivity contribution in [3.05, 3.63) is 103 Å². The summed E-state index contributed by atoms with van der Waals surface area (Å²) in [5, 5.41) is 11.5. The molecule has 0 amide bonds. The fraction of sp³-hybridized carbons (Fsp3) is 0.148. The highest BCUT2D eigenvalue weighted by Gasteiger charge is 2.33. The van der Waals surface area contributed by atoms with E-state index >= 15 is 0 Å². The smallest absolute Gasteiger partial charge is 0.271 e. The van der Waals surface area contributed by atoms with Crippen molar-refractivity contribution in [1.82, 2.24) is 4.57 Å². The summed E-state index contributed by atoms with van der Waals surface area (Å²) in [5.74, 6) is 0.614. The Morgan fingerprint density at radius 3 is 2.56 bits per heavy atom. The molecule has 0 saturated heterocycles. The summed E-state index contributed by atoms with van der Waals surface area (Å²) in [7, 11) is 1.59. The summed E-state index contributed by atoms with van der Waals surface area (Å²) in [6.45, 7) is 3.31. The first-order chi connectivity index (χ1) is 16.4. The lowest BCUT2D eigenvalue weighted by atomic mass is 9.89. The molecule has 1 N–H and O–H groups in total. The van der Waals surface area contributed by atoms with Crippen LogP contribution in [0.15, 0.2) is 81.7 Å². The van der Waals surface area contributed by atoms with Crippen molar-refractivity contribution >= 4 is 34.0 Å². The number of carbonyl (C=O) groups excluding carboxylic acids is 1. The van der Waals surface area contributed by atoms with Crippen LogP contribution in [0.5, 0.6) is 11.5 Å². The molecule has 2 heterocycles. The Hall–Kier alpha value is -3.97. The van der Waals surface area contributed by atoms with Gasteiger partial charge in [0.1, 0.15) is 11.5 Å². The molecule has 5 rings (SSSR count). The number of ether oxygens (including phenoxy) is 1. The molecule has 6 nitrogen and oxygen atoms in total. The number of nitrogens with zero attached hydrogens (tertiary/aromatic N) is 2. The lowest BCUT2D eigenvalue weighted by Crippen LogP contribution is -2.39. The fourth-order valence-electron chi connectivity index (χ4n) is 4.50. The molecule has 1 aliphatic rings. The molecule has 170 valence electrons. The van der Waals surface area contributed by atoms with E-state index in [9.17, 15) is 14.7 Å².